The third kappa shape index (κ3) is 9.25. The second kappa shape index (κ2) is 9.49. The molecule has 0 atom stereocenters. The zero-order valence-electron chi connectivity index (χ0n) is 8.65. The van der Waals surface area contributed by atoms with Crippen LogP contribution in [0, 0.1) is 0 Å². The minimum atomic E-state index is -0.915. The molecule has 1 aromatic rings. The molecule has 1 N–H and O–H groups in total. The highest BCUT2D eigenvalue weighted by Crippen LogP contribution is 2.00. The van der Waals surface area contributed by atoms with Gasteiger partial charge in [0.1, 0.15) is 6.61 Å². The van der Waals surface area contributed by atoms with E-state index in [-0.39, 0.29) is 6.61 Å². The molecule has 0 radical (unpaired) electrons. The van der Waals surface area contributed by atoms with Gasteiger partial charge in [-0.3, -0.25) is 0 Å². The highest BCUT2D eigenvalue weighted by Gasteiger charge is 1.90. The molecule has 0 fully saturated rings. The SMILES string of the molecule is CCOCC(=O)O.ClCc1ccccc1. The zero-order chi connectivity index (χ0) is 11.5. The van der Waals surface area contributed by atoms with Crippen LogP contribution in [0.2, 0.25) is 0 Å². The lowest BCUT2D eigenvalue weighted by atomic mass is 10.2. The van der Waals surface area contributed by atoms with Crippen molar-refractivity contribution in [2.75, 3.05) is 13.2 Å². The molecule has 0 aromatic heterocycles. The van der Waals surface area contributed by atoms with Crippen molar-refractivity contribution in [3.8, 4) is 0 Å². The molecule has 0 aliphatic rings. The number of hydrogen-bond acceptors (Lipinski definition) is 2. The topological polar surface area (TPSA) is 46.5 Å². The predicted molar refractivity (Wildman–Crippen MR) is 60.1 cm³/mol. The molecule has 15 heavy (non-hydrogen) atoms. The number of hydrogen-bond donors (Lipinski definition) is 1. The van der Waals surface area contributed by atoms with Crippen molar-refractivity contribution in [2.24, 2.45) is 0 Å². The number of carboxylic acids is 1. The maximum absolute atomic E-state index is 9.63. The van der Waals surface area contributed by atoms with Crippen LogP contribution in [0.5, 0.6) is 0 Å². The van der Waals surface area contributed by atoms with Crippen LogP contribution in [0.15, 0.2) is 30.3 Å². The van der Waals surface area contributed by atoms with E-state index in [1.54, 1.807) is 6.92 Å². The van der Waals surface area contributed by atoms with Crippen molar-refractivity contribution in [2.45, 2.75) is 12.8 Å². The number of halogens is 1. The highest BCUT2D eigenvalue weighted by molar-refractivity contribution is 6.17. The quantitative estimate of drug-likeness (QED) is 0.809. The van der Waals surface area contributed by atoms with Gasteiger partial charge >= 0.3 is 5.97 Å². The molecule has 0 saturated heterocycles. The third-order valence-corrected chi connectivity index (χ3v) is 1.74. The molecule has 0 aliphatic carbocycles. The maximum Gasteiger partial charge on any atom is 0.329 e. The Kier molecular flexibility index (Phi) is 8.82. The second-order valence-electron chi connectivity index (χ2n) is 2.65. The fraction of sp³-hybridized carbons (Fsp3) is 0.364. The van der Waals surface area contributed by atoms with Crippen LogP contribution in [0.4, 0.5) is 0 Å². The molecule has 0 bridgehead atoms. The van der Waals surface area contributed by atoms with Gasteiger partial charge in [0, 0.05) is 12.5 Å². The Morgan fingerprint density at radius 1 is 1.40 bits per heavy atom. The molecule has 0 spiro atoms. The van der Waals surface area contributed by atoms with Gasteiger partial charge in [-0.05, 0) is 12.5 Å². The third-order valence-electron chi connectivity index (χ3n) is 1.43. The van der Waals surface area contributed by atoms with Crippen molar-refractivity contribution < 1.29 is 14.6 Å². The molecular formula is C11H15ClO3. The van der Waals surface area contributed by atoms with Gasteiger partial charge in [0.2, 0.25) is 0 Å². The summed E-state index contributed by atoms with van der Waals surface area (Å²) in [6.45, 7) is 2.03. The fourth-order valence-corrected chi connectivity index (χ4v) is 0.935. The van der Waals surface area contributed by atoms with Crippen molar-refractivity contribution in [3.05, 3.63) is 35.9 Å². The van der Waals surface area contributed by atoms with E-state index in [1.807, 2.05) is 30.3 Å². The summed E-state index contributed by atoms with van der Waals surface area (Å²) in [6.07, 6.45) is 0. The molecule has 0 heterocycles. The number of carbonyl (C=O) groups is 1. The molecule has 0 unspecified atom stereocenters. The normalized spacial score (nSPS) is 8.93. The first-order chi connectivity index (χ1) is 7.20. The highest BCUT2D eigenvalue weighted by atomic mass is 35.5. The van der Waals surface area contributed by atoms with Gasteiger partial charge < -0.3 is 9.84 Å². The van der Waals surface area contributed by atoms with Crippen LogP contribution in [0.1, 0.15) is 12.5 Å². The Bertz CT molecular complexity index is 262. The Morgan fingerprint density at radius 3 is 2.27 bits per heavy atom. The Morgan fingerprint density at radius 2 is 2.00 bits per heavy atom. The maximum atomic E-state index is 9.63. The summed E-state index contributed by atoms with van der Waals surface area (Å²) in [6, 6.07) is 9.96. The zero-order valence-corrected chi connectivity index (χ0v) is 9.41. The first-order valence-corrected chi connectivity index (χ1v) is 5.13. The van der Waals surface area contributed by atoms with Crippen LogP contribution in [0.3, 0.4) is 0 Å². The molecule has 0 amide bonds. The summed E-state index contributed by atoms with van der Waals surface area (Å²) in [5, 5.41) is 7.92. The minimum absolute atomic E-state index is 0.184. The number of ether oxygens (including phenoxy) is 1. The molecular weight excluding hydrogens is 216 g/mol. The standard InChI is InChI=1S/C7H7Cl.C4H8O3/c8-6-7-4-2-1-3-5-7;1-2-7-3-4(5)6/h1-5H,6H2;2-3H2,1H3,(H,5,6). The van der Waals surface area contributed by atoms with Crippen molar-refractivity contribution in [1.29, 1.82) is 0 Å². The van der Waals surface area contributed by atoms with Crippen molar-refractivity contribution in [3.63, 3.8) is 0 Å². The molecule has 1 rings (SSSR count). The molecule has 3 nitrogen and oxygen atoms in total. The lowest BCUT2D eigenvalue weighted by Gasteiger charge is -1.90. The van der Waals surface area contributed by atoms with Crippen LogP contribution in [-0.2, 0) is 15.4 Å². The summed E-state index contributed by atoms with van der Waals surface area (Å²) >= 11 is 5.53. The van der Waals surface area contributed by atoms with Crippen LogP contribution >= 0.6 is 11.6 Å². The van der Waals surface area contributed by atoms with Gasteiger partial charge in [-0.15, -0.1) is 11.6 Å². The van der Waals surface area contributed by atoms with E-state index in [0.717, 1.165) is 0 Å². The molecule has 1 aromatic carbocycles. The van der Waals surface area contributed by atoms with Crippen molar-refractivity contribution >= 4 is 17.6 Å². The average molecular weight is 231 g/mol. The van der Waals surface area contributed by atoms with Gasteiger partial charge in [-0.1, -0.05) is 30.3 Å². The summed E-state index contributed by atoms with van der Waals surface area (Å²) in [5.74, 6) is -0.303. The number of rotatable bonds is 4. The van der Waals surface area contributed by atoms with Gasteiger partial charge in [0.25, 0.3) is 0 Å². The Balaban J connectivity index is 0.000000265. The smallest absolute Gasteiger partial charge is 0.329 e. The summed E-state index contributed by atoms with van der Waals surface area (Å²) in [7, 11) is 0. The Labute approximate surface area is 94.6 Å². The molecule has 0 aliphatic heterocycles. The van der Waals surface area contributed by atoms with E-state index in [4.69, 9.17) is 16.7 Å². The first kappa shape index (κ1) is 13.9. The summed E-state index contributed by atoms with van der Waals surface area (Å²) in [5.41, 5.74) is 1.18. The Hall–Kier alpha value is -1.06. The second-order valence-corrected chi connectivity index (χ2v) is 2.92. The van der Waals surface area contributed by atoms with Crippen LogP contribution in [-0.4, -0.2) is 24.3 Å². The number of alkyl halides is 1. The van der Waals surface area contributed by atoms with E-state index in [0.29, 0.717) is 12.5 Å². The van der Waals surface area contributed by atoms with Gasteiger partial charge in [0.15, 0.2) is 0 Å². The molecule has 84 valence electrons. The monoisotopic (exact) mass is 230 g/mol. The van der Waals surface area contributed by atoms with E-state index in [1.165, 1.54) is 5.56 Å². The van der Waals surface area contributed by atoms with E-state index < -0.39 is 5.97 Å². The largest absolute Gasteiger partial charge is 0.480 e. The lowest BCUT2D eigenvalue weighted by Crippen LogP contribution is -2.05. The van der Waals surface area contributed by atoms with Crippen LogP contribution in [0.25, 0.3) is 0 Å². The summed E-state index contributed by atoms with van der Waals surface area (Å²) in [4.78, 5) is 9.63. The fourth-order valence-electron chi connectivity index (χ4n) is 0.756. The van der Waals surface area contributed by atoms with E-state index in [2.05, 4.69) is 4.74 Å². The van der Waals surface area contributed by atoms with E-state index in [9.17, 15) is 4.79 Å². The average Bonchev–Trinajstić information content (AvgIpc) is 2.28. The lowest BCUT2D eigenvalue weighted by molar-refractivity contribution is -0.142. The first-order valence-electron chi connectivity index (χ1n) is 4.60. The number of carboxylic acid groups (broad SMARTS) is 1. The van der Waals surface area contributed by atoms with Crippen LogP contribution < -0.4 is 0 Å². The van der Waals surface area contributed by atoms with Gasteiger partial charge in [-0.2, -0.15) is 0 Å². The van der Waals surface area contributed by atoms with Gasteiger partial charge in [-0.25, -0.2) is 4.79 Å². The minimum Gasteiger partial charge on any atom is -0.480 e. The summed E-state index contributed by atoms with van der Waals surface area (Å²) < 4.78 is 4.50. The predicted octanol–water partition coefficient (Wildman–Crippen LogP) is 2.53. The number of benzene rings is 1. The molecule has 4 heteroatoms. The van der Waals surface area contributed by atoms with Gasteiger partial charge in [0.05, 0.1) is 0 Å². The molecule has 0 saturated carbocycles. The van der Waals surface area contributed by atoms with Crippen molar-refractivity contribution in [1.82, 2.24) is 0 Å². The number of aliphatic carboxylic acids is 1. The van der Waals surface area contributed by atoms with E-state index >= 15 is 0 Å².